The standard InChI is InChI=1S/C19H21N3OS/c1-19(2)17(12-6-8-22(19)9-7-12)21-18(23)15-10-13-4-3-5-14(11-20)16(13)24-15/h3-5,10,12,17H,6-9H2,1-2H3,(H,21,23)/t17-/m0/s1. The molecule has 3 aliphatic heterocycles. The van der Waals surface area contributed by atoms with Gasteiger partial charge in [-0.25, -0.2) is 0 Å². The number of hydrogen-bond acceptors (Lipinski definition) is 4. The number of carbonyl (C=O) groups is 1. The molecule has 24 heavy (non-hydrogen) atoms. The molecule has 3 saturated heterocycles. The highest BCUT2D eigenvalue weighted by Gasteiger charge is 2.48. The summed E-state index contributed by atoms with van der Waals surface area (Å²) in [5.41, 5.74) is 0.644. The summed E-state index contributed by atoms with van der Waals surface area (Å²) in [6.07, 6.45) is 2.33. The quantitative estimate of drug-likeness (QED) is 0.912. The summed E-state index contributed by atoms with van der Waals surface area (Å²) in [7, 11) is 0. The Morgan fingerprint density at radius 2 is 2.12 bits per heavy atom. The van der Waals surface area contributed by atoms with Crippen molar-refractivity contribution in [3.8, 4) is 6.07 Å². The Morgan fingerprint density at radius 1 is 1.38 bits per heavy atom. The second-order valence-corrected chi connectivity index (χ2v) is 8.43. The molecule has 2 bridgehead atoms. The fourth-order valence-corrected chi connectivity index (χ4v) is 5.38. The van der Waals surface area contributed by atoms with Crippen LogP contribution in [0.2, 0.25) is 0 Å². The molecule has 0 aliphatic carbocycles. The number of nitrogens with zero attached hydrogens (tertiary/aromatic N) is 2. The number of nitrogens with one attached hydrogen (secondary N) is 1. The number of thiophene rings is 1. The normalized spacial score (nSPS) is 27.8. The number of amides is 1. The maximum absolute atomic E-state index is 12.8. The van der Waals surface area contributed by atoms with Gasteiger partial charge in [0.15, 0.2) is 0 Å². The molecule has 0 radical (unpaired) electrons. The van der Waals surface area contributed by atoms with Gasteiger partial charge in [0.25, 0.3) is 5.91 Å². The van der Waals surface area contributed by atoms with Crippen molar-refractivity contribution in [2.24, 2.45) is 5.92 Å². The predicted molar refractivity (Wildman–Crippen MR) is 96.2 cm³/mol. The molecule has 2 aromatic rings. The van der Waals surface area contributed by atoms with Crippen LogP contribution in [-0.2, 0) is 0 Å². The van der Waals surface area contributed by atoms with E-state index in [0.29, 0.717) is 16.4 Å². The summed E-state index contributed by atoms with van der Waals surface area (Å²) in [4.78, 5) is 16.0. The van der Waals surface area contributed by atoms with Crippen LogP contribution < -0.4 is 5.32 Å². The van der Waals surface area contributed by atoms with Crippen LogP contribution in [0, 0.1) is 17.2 Å². The van der Waals surface area contributed by atoms with Gasteiger partial charge in [-0.3, -0.25) is 9.69 Å². The maximum Gasteiger partial charge on any atom is 0.261 e. The highest BCUT2D eigenvalue weighted by atomic mass is 32.1. The largest absolute Gasteiger partial charge is 0.346 e. The van der Waals surface area contributed by atoms with E-state index in [9.17, 15) is 10.1 Å². The molecular formula is C19H21N3OS. The van der Waals surface area contributed by atoms with Gasteiger partial charge in [-0.2, -0.15) is 5.26 Å². The molecule has 3 aliphatic rings. The molecular weight excluding hydrogens is 318 g/mol. The number of hydrogen-bond donors (Lipinski definition) is 1. The second kappa shape index (κ2) is 5.58. The van der Waals surface area contributed by atoms with E-state index in [2.05, 4.69) is 30.1 Å². The molecule has 5 heteroatoms. The van der Waals surface area contributed by atoms with Crippen LogP contribution in [0.5, 0.6) is 0 Å². The molecule has 0 unspecified atom stereocenters. The number of fused-ring (bicyclic) bond motifs is 4. The van der Waals surface area contributed by atoms with Crippen molar-refractivity contribution in [2.45, 2.75) is 38.3 Å². The van der Waals surface area contributed by atoms with Crippen LogP contribution in [0.4, 0.5) is 0 Å². The minimum absolute atomic E-state index is 0.00528. The zero-order valence-corrected chi connectivity index (χ0v) is 14.8. The van der Waals surface area contributed by atoms with Gasteiger partial charge in [0, 0.05) is 11.6 Å². The Morgan fingerprint density at radius 3 is 2.79 bits per heavy atom. The third-order valence-corrected chi connectivity index (χ3v) is 6.94. The number of rotatable bonds is 2. The average molecular weight is 339 g/mol. The summed E-state index contributed by atoms with van der Waals surface area (Å²) < 4.78 is 0.901. The highest BCUT2D eigenvalue weighted by molar-refractivity contribution is 7.21. The summed E-state index contributed by atoms with van der Waals surface area (Å²) in [5, 5.41) is 13.5. The van der Waals surface area contributed by atoms with Crippen LogP contribution >= 0.6 is 11.3 Å². The topological polar surface area (TPSA) is 56.1 Å². The van der Waals surface area contributed by atoms with Crippen LogP contribution in [0.25, 0.3) is 10.1 Å². The highest BCUT2D eigenvalue weighted by Crippen LogP contribution is 2.39. The first kappa shape index (κ1) is 15.6. The first-order valence-corrected chi connectivity index (χ1v) is 9.31. The van der Waals surface area contributed by atoms with Crippen LogP contribution in [0.1, 0.15) is 41.9 Å². The third kappa shape index (κ3) is 2.33. The lowest BCUT2D eigenvalue weighted by atomic mass is 9.72. The third-order valence-electron chi connectivity index (χ3n) is 5.76. The SMILES string of the molecule is CC1(C)[C@@H](NC(=O)c2cc3cccc(C#N)c3s2)C2CCN1CC2. The van der Waals surface area contributed by atoms with Gasteiger partial charge >= 0.3 is 0 Å². The first-order chi connectivity index (χ1) is 11.5. The summed E-state index contributed by atoms with van der Waals surface area (Å²) >= 11 is 1.42. The molecule has 0 spiro atoms. The van der Waals surface area contributed by atoms with Crippen LogP contribution in [0.15, 0.2) is 24.3 Å². The van der Waals surface area contributed by atoms with Crippen molar-refractivity contribution in [1.82, 2.24) is 10.2 Å². The van der Waals surface area contributed by atoms with Gasteiger partial charge < -0.3 is 5.32 Å². The lowest BCUT2D eigenvalue weighted by Crippen LogP contribution is -2.69. The Labute approximate surface area is 146 Å². The van der Waals surface area contributed by atoms with Crippen molar-refractivity contribution >= 4 is 27.3 Å². The van der Waals surface area contributed by atoms with Gasteiger partial charge in [0.05, 0.1) is 15.1 Å². The molecule has 4 heterocycles. The first-order valence-electron chi connectivity index (χ1n) is 8.49. The molecule has 4 nitrogen and oxygen atoms in total. The summed E-state index contributed by atoms with van der Waals surface area (Å²) in [5.74, 6) is 0.560. The smallest absolute Gasteiger partial charge is 0.261 e. The minimum Gasteiger partial charge on any atom is -0.346 e. The fraction of sp³-hybridized carbons (Fsp3) is 0.474. The van der Waals surface area contributed by atoms with Crippen LogP contribution in [-0.4, -0.2) is 35.5 Å². The Bertz CT molecular complexity index is 840. The van der Waals surface area contributed by atoms with E-state index in [1.165, 1.54) is 24.2 Å². The van der Waals surface area contributed by atoms with E-state index in [0.717, 1.165) is 23.2 Å². The van der Waals surface area contributed by atoms with Crippen molar-refractivity contribution in [3.63, 3.8) is 0 Å². The molecule has 3 fully saturated rings. The monoisotopic (exact) mass is 339 g/mol. The predicted octanol–water partition coefficient (Wildman–Crippen LogP) is 3.38. The molecule has 5 rings (SSSR count). The molecule has 1 aromatic carbocycles. The van der Waals surface area contributed by atoms with Crippen molar-refractivity contribution in [3.05, 3.63) is 34.7 Å². The van der Waals surface area contributed by atoms with Gasteiger partial charge in [-0.15, -0.1) is 11.3 Å². The Balaban J connectivity index is 1.62. The van der Waals surface area contributed by atoms with Crippen molar-refractivity contribution in [2.75, 3.05) is 13.1 Å². The van der Waals surface area contributed by atoms with Gasteiger partial charge in [-0.1, -0.05) is 12.1 Å². The number of benzene rings is 1. The van der Waals surface area contributed by atoms with Gasteiger partial charge in [-0.05, 0) is 63.2 Å². The molecule has 1 atom stereocenters. The molecule has 1 aromatic heterocycles. The maximum atomic E-state index is 12.8. The van der Waals surface area contributed by atoms with E-state index >= 15 is 0 Å². The minimum atomic E-state index is -0.00749. The van der Waals surface area contributed by atoms with E-state index in [-0.39, 0.29) is 17.5 Å². The van der Waals surface area contributed by atoms with E-state index in [1.54, 1.807) is 6.07 Å². The lowest BCUT2D eigenvalue weighted by Gasteiger charge is -2.56. The molecule has 124 valence electrons. The van der Waals surface area contributed by atoms with Crippen molar-refractivity contribution < 1.29 is 4.79 Å². The van der Waals surface area contributed by atoms with Gasteiger partial charge in [0.2, 0.25) is 0 Å². The van der Waals surface area contributed by atoms with Crippen molar-refractivity contribution in [1.29, 1.82) is 5.26 Å². The van der Waals surface area contributed by atoms with Crippen LogP contribution in [0.3, 0.4) is 0 Å². The summed E-state index contributed by atoms with van der Waals surface area (Å²) in [6.45, 7) is 6.75. The molecule has 1 N–H and O–H groups in total. The Hall–Kier alpha value is -1.90. The fourth-order valence-electron chi connectivity index (χ4n) is 4.35. The second-order valence-electron chi connectivity index (χ2n) is 7.38. The number of carbonyl (C=O) groups excluding carboxylic acids is 1. The molecule has 0 saturated carbocycles. The van der Waals surface area contributed by atoms with E-state index in [4.69, 9.17) is 0 Å². The number of piperidine rings is 3. The molecule has 1 amide bonds. The Kier molecular flexibility index (Phi) is 3.63. The lowest BCUT2D eigenvalue weighted by molar-refractivity contribution is -0.0377. The number of nitriles is 1. The summed E-state index contributed by atoms with van der Waals surface area (Å²) in [6, 6.07) is 9.94. The average Bonchev–Trinajstić information content (AvgIpc) is 3.02. The zero-order chi connectivity index (χ0) is 16.9. The van der Waals surface area contributed by atoms with E-state index < -0.39 is 0 Å². The zero-order valence-electron chi connectivity index (χ0n) is 14.0. The van der Waals surface area contributed by atoms with Gasteiger partial charge in [0.1, 0.15) is 6.07 Å². The van der Waals surface area contributed by atoms with E-state index in [1.807, 2.05) is 18.2 Å².